The predicted molar refractivity (Wildman–Crippen MR) is 81.7 cm³/mol. The minimum absolute atomic E-state index is 0.0248. The zero-order chi connectivity index (χ0) is 14.8. The van der Waals surface area contributed by atoms with Gasteiger partial charge in [-0.3, -0.25) is 9.59 Å². The van der Waals surface area contributed by atoms with E-state index in [1.165, 1.54) is 19.3 Å². The van der Waals surface area contributed by atoms with Crippen molar-refractivity contribution in [2.75, 3.05) is 0 Å². The monoisotopic (exact) mass is 288 g/mol. The topological polar surface area (TPSA) is 34.1 Å². The minimum Gasteiger partial charge on any atom is -0.300 e. The van der Waals surface area contributed by atoms with Gasteiger partial charge in [-0.15, -0.1) is 0 Å². The van der Waals surface area contributed by atoms with E-state index in [9.17, 15) is 9.59 Å². The zero-order valence-electron chi connectivity index (χ0n) is 13.5. The van der Waals surface area contributed by atoms with Crippen LogP contribution in [0.15, 0.2) is 0 Å². The van der Waals surface area contributed by atoms with E-state index in [1.807, 2.05) is 0 Å². The van der Waals surface area contributed by atoms with Crippen LogP contribution in [0, 0.1) is 34.5 Å². The lowest BCUT2D eigenvalue weighted by Crippen LogP contribution is -2.53. The summed E-state index contributed by atoms with van der Waals surface area (Å²) in [6, 6.07) is 0. The maximum absolute atomic E-state index is 12.4. The molecule has 0 heterocycles. The number of hydrogen-bond donors (Lipinski definition) is 0. The van der Waals surface area contributed by atoms with Crippen molar-refractivity contribution in [1.29, 1.82) is 0 Å². The molecule has 0 radical (unpaired) electrons. The third-order valence-electron chi connectivity index (χ3n) is 8.12. The first kappa shape index (κ1) is 14.0. The summed E-state index contributed by atoms with van der Waals surface area (Å²) in [4.78, 5) is 24.5. The molecule has 2 nitrogen and oxygen atoms in total. The summed E-state index contributed by atoms with van der Waals surface area (Å²) >= 11 is 0. The number of carbonyl (C=O) groups excluding carboxylic acids is 2. The molecule has 0 aromatic rings. The summed E-state index contributed by atoms with van der Waals surface area (Å²) in [5.41, 5.74) is 0.217. The summed E-state index contributed by atoms with van der Waals surface area (Å²) in [5, 5.41) is 0. The van der Waals surface area contributed by atoms with E-state index in [2.05, 4.69) is 13.8 Å². The molecule has 4 fully saturated rings. The van der Waals surface area contributed by atoms with Crippen molar-refractivity contribution < 1.29 is 9.59 Å². The second-order valence-electron chi connectivity index (χ2n) is 8.83. The fourth-order valence-electron chi connectivity index (χ4n) is 6.90. The largest absolute Gasteiger partial charge is 0.300 e. The number of ketones is 2. The summed E-state index contributed by atoms with van der Waals surface area (Å²) in [6.07, 6.45) is 9.55. The first-order valence-electron chi connectivity index (χ1n) is 9.00. The van der Waals surface area contributed by atoms with Crippen LogP contribution in [-0.2, 0) is 9.59 Å². The second kappa shape index (κ2) is 4.43. The van der Waals surface area contributed by atoms with Crippen LogP contribution < -0.4 is 0 Å². The third-order valence-corrected chi connectivity index (χ3v) is 8.12. The Morgan fingerprint density at radius 2 is 1.71 bits per heavy atom. The number of Topliss-reactive ketones (excluding diaryl/α,β-unsaturated/α-hetero) is 2. The smallest absolute Gasteiger partial charge is 0.139 e. The van der Waals surface area contributed by atoms with Crippen molar-refractivity contribution in [3.05, 3.63) is 0 Å². The molecule has 6 atom stereocenters. The van der Waals surface area contributed by atoms with Gasteiger partial charge in [0.15, 0.2) is 0 Å². The van der Waals surface area contributed by atoms with E-state index < -0.39 is 0 Å². The molecule has 4 rings (SSSR count). The molecule has 2 heteroatoms. The van der Waals surface area contributed by atoms with Gasteiger partial charge in [-0.1, -0.05) is 13.8 Å². The highest BCUT2D eigenvalue weighted by Gasteiger charge is 2.60. The molecule has 0 N–H and O–H groups in total. The van der Waals surface area contributed by atoms with E-state index in [4.69, 9.17) is 0 Å². The highest BCUT2D eigenvalue weighted by atomic mass is 16.1. The maximum Gasteiger partial charge on any atom is 0.139 e. The van der Waals surface area contributed by atoms with Gasteiger partial charge in [0.25, 0.3) is 0 Å². The van der Waals surface area contributed by atoms with Gasteiger partial charge in [-0.05, 0) is 67.6 Å². The van der Waals surface area contributed by atoms with Gasteiger partial charge in [0.05, 0.1) is 0 Å². The highest BCUT2D eigenvalue weighted by Crippen LogP contribution is 2.65. The Morgan fingerprint density at radius 3 is 2.52 bits per heavy atom. The quantitative estimate of drug-likeness (QED) is 0.670. The number of hydrogen-bond acceptors (Lipinski definition) is 2. The fraction of sp³-hybridized carbons (Fsp3) is 0.895. The molecule has 0 aromatic heterocycles. The molecular formula is C19H28O2. The Balaban J connectivity index is 1.67. The van der Waals surface area contributed by atoms with Crippen molar-refractivity contribution in [2.24, 2.45) is 34.5 Å². The third kappa shape index (κ3) is 1.77. The first-order valence-corrected chi connectivity index (χ1v) is 9.00. The van der Waals surface area contributed by atoms with Gasteiger partial charge in [0.1, 0.15) is 11.6 Å². The Kier molecular flexibility index (Phi) is 2.94. The second-order valence-corrected chi connectivity index (χ2v) is 8.83. The van der Waals surface area contributed by atoms with Crippen LogP contribution in [0.4, 0.5) is 0 Å². The molecular weight excluding hydrogens is 260 g/mol. The van der Waals surface area contributed by atoms with Crippen molar-refractivity contribution in [3.63, 3.8) is 0 Å². The molecule has 0 saturated heterocycles. The number of fused-ring (bicyclic) bond motifs is 5. The molecule has 4 aliphatic carbocycles. The number of rotatable bonds is 0. The van der Waals surface area contributed by atoms with Crippen molar-refractivity contribution in [3.8, 4) is 0 Å². The van der Waals surface area contributed by atoms with Crippen LogP contribution in [0.25, 0.3) is 0 Å². The Bertz CT molecular complexity index is 496. The molecule has 4 aliphatic rings. The molecule has 4 saturated carbocycles. The van der Waals surface area contributed by atoms with Crippen LogP contribution >= 0.6 is 0 Å². The van der Waals surface area contributed by atoms with Gasteiger partial charge in [-0.25, -0.2) is 0 Å². The first-order chi connectivity index (χ1) is 9.95. The van der Waals surface area contributed by atoms with Gasteiger partial charge in [0.2, 0.25) is 0 Å². The highest BCUT2D eigenvalue weighted by molar-refractivity contribution is 5.87. The van der Waals surface area contributed by atoms with Crippen LogP contribution in [0.3, 0.4) is 0 Å². The molecule has 116 valence electrons. The minimum atomic E-state index is -0.0248. The standard InChI is InChI=1S/C19H28O2/c1-18-10-9-16-14(15(18)7-8-17(18)21)6-4-12-3-5-13(20)11-19(12,16)2/h12,14-16H,3-11H2,1-2H3/t12?,14-,15-,16-,18-,19-/m0/s1. The number of carbonyl (C=O) groups is 2. The van der Waals surface area contributed by atoms with Gasteiger partial charge >= 0.3 is 0 Å². The Hall–Kier alpha value is -0.660. The summed E-state index contributed by atoms with van der Waals surface area (Å²) in [6.45, 7) is 4.65. The normalized spacial score (nSPS) is 53.0. The molecule has 1 unspecified atom stereocenters. The lowest BCUT2D eigenvalue weighted by molar-refractivity contribution is -0.146. The van der Waals surface area contributed by atoms with Crippen LogP contribution in [0.5, 0.6) is 0 Å². The zero-order valence-corrected chi connectivity index (χ0v) is 13.5. The molecule has 21 heavy (non-hydrogen) atoms. The lowest BCUT2D eigenvalue weighted by Gasteiger charge is -2.59. The van der Waals surface area contributed by atoms with E-state index in [-0.39, 0.29) is 10.8 Å². The molecule has 0 aliphatic heterocycles. The molecule has 0 bridgehead atoms. The van der Waals surface area contributed by atoms with E-state index in [1.54, 1.807) is 0 Å². The molecule has 0 amide bonds. The average molecular weight is 288 g/mol. The average Bonchev–Trinajstić information content (AvgIpc) is 2.74. The molecule has 0 spiro atoms. The lowest BCUT2D eigenvalue weighted by atomic mass is 9.45. The maximum atomic E-state index is 12.4. The summed E-state index contributed by atoms with van der Waals surface area (Å²) < 4.78 is 0. The van der Waals surface area contributed by atoms with Gasteiger partial charge < -0.3 is 0 Å². The summed E-state index contributed by atoms with van der Waals surface area (Å²) in [5.74, 6) is 3.80. The van der Waals surface area contributed by atoms with Crippen LogP contribution in [0.1, 0.15) is 71.6 Å². The predicted octanol–water partition coefficient (Wildman–Crippen LogP) is 4.17. The van der Waals surface area contributed by atoms with E-state index >= 15 is 0 Å². The van der Waals surface area contributed by atoms with Crippen molar-refractivity contribution in [1.82, 2.24) is 0 Å². The SMILES string of the molecule is C[C@]12CC(=O)CCC1CC[C@@H]1[C@@H]2CC[C@]2(C)C(=O)CC[C@@H]12. The van der Waals surface area contributed by atoms with Gasteiger partial charge in [0, 0.05) is 24.7 Å². The van der Waals surface area contributed by atoms with E-state index in [0.29, 0.717) is 29.3 Å². The Morgan fingerprint density at radius 1 is 0.905 bits per heavy atom. The van der Waals surface area contributed by atoms with Crippen molar-refractivity contribution >= 4 is 11.6 Å². The van der Waals surface area contributed by atoms with Gasteiger partial charge in [-0.2, -0.15) is 0 Å². The fourth-order valence-corrected chi connectivity index (χ4v) is 6.90. The van der Waals surface area contributed by atoms with Crippen LogP contribution in [-0.4, -0.2) is 11.6 Å². The van der Waals surface area contributed by atoms with E-state index in [0.717, 1.165) is 44.4 Å². The van der Waals surface area contributed by atoms with Crippen LogP contribution in [0.2, 0.25) is 0 Å². The van der Waals surface area contributed by atoms with Crippen molar-refractivity contribution in [2.45, 2.75) is 71.6 Å². The summed E-state index contributed by atoms with van der Waals surface area (Å²) in [7, 11) is 0. The Labute approximate surface area is 128 Å². The molecule has 0 aromatic carbocycles.